The van der Waals surface area contributed by atoms with Crippen molar-refractivity contribution in [3.63, 3.8) is 0 Å². The highest BCUT2D eigenvalue weighted by Crippen LogP contribution is 2.59. The lowest BCUT2D eigenvalue weighted by atomic mass is 9.91. The van der Waals surface area contributed by atoms with Crippen molar-refractivity contribution in [1.82, 2.24) is 10.2 Å². The first-order valence-corrected chi connectivity index (χ1v) is 7.64. The summed E-state index contributed by atoms with van der Waals surface area (Å²) in [5, 5.41) is 12.2. The molecular weight excluding hydrogens is 266 g/mol. The average Bonchev–Trinajstić information content (AvgIpc) is 2.96. The molecule has 1 unspecified atom stereocenters. The summed E-state index contributed by atoms with van der Waals surface area (Å²) in [5.41, 5.74) is 0.233. The molecule has 3 rings (SSSR count). The minimum Gasteiger partial charge on any atom is -0.467 e. The van der Waals surface area contributed by atoms with Crippen LogP contribution < -0.4 is 5.32 Å². The second-order valence-corrected chi connectivity index (χ2v) is 6.12. The number of carbonyl (C=O) groups excluding carboxylic acids is 1. The summed E-state index contributed by atoms with van der Waals surface area (Å²) in [5.74, 6) is 1.12. The molecule has 112 valence electrons. The van der Waals surface area contributed by atoms with Gasteiger partial charge in [-0.25, -0.2) is 0 Å². The van der Waals surface area contributed by atoms with E-state index in [1.54, 1.807) is 11.2 Å². The summed E-state index contributed by atoms with van der Waals surface area (Å²) in [7, 11) is 0. The Labute approximate surface area is 124 Å². The standard InChI is InChI=1S/C16H21N3O2/c17-6-2-9-19(12-13-3-1-10-21-13)15(20)14-11-16(14)4-7-18-8-5-16/h1,3,10,14,18H,2,4-5,7-9,11-12H2. The van der Waals surface area contributed by atoms with Crippen LogP contribution in [0.2, 0.25) is 0 Å². The second kappa shape index (κ2) is 5.90. The fourth-order valence-electron chi connectivity index (χ4n) is 3.44. The van der Waals surface area contributed by atoms with Gasteiger partial charge in [0.2, 0.25) is 5.91 Å². The number of nitriles is 1. The SMILES string of the molecule is N#CCCN(Cc1ccco1)C(=O)C1CC12CCNCC2. The van der Waals surface area contributed by atoms with E-state index in [1.807, 2.05) is 12.1 Å². The highest BCUT2D eigenvalue weighted by Gasteiger charge is 2.58. The molecular formula is C16H21N3O2. The van der Waals surface area contributed by atoms with Gasteiger partial charge in [-0.1, -0.05) is 0 Å². The van der Waals surface area contributed by atoms with Gasteiger partial charge in [-0.2, -0.15) is 5.26 Å². The Hall–Kier alpha value is -1.80. The maximum absolute atomic E-state index is 12.8. The monoisotopic (exact) mass is 287 g/mol. The molecule has 1 N–H and O–H groups in total. The summed E-state index contributed by atoms with van der Waals surface area (Å²) in [6.45, 7) is 2.99. The molecule has 21 heavy (non-hydrogen) atoms. The molecule has 1 aliphatic heterocycles. The topological polar surface area (TPSA) is 69.3 Å². The Morgan fingerprint density at radius 3 is 3.00 bits per heavy atom. The lowest BCUT2D eigenvalue weighted by Crippen LogP contribution is -2.36. The van der Waals surface area contributed by atoms with Crippen LogP contribution in [0.1, 0.15) is 31.4 Å². The van der Waals surface area contributed by atoms with Gasteiger partial charge in [-0.3, -0.25) is 4.79 Å². The van der Waals surface area contributed by atoms with E-state index >= 15 is 0 Å². The third kappa shape index (κ3) is 2.96. The van der Waals surface area contributed by atoms with E-state index in [1.165, 1.54) is 0 Å². The maximum Gasteiger partial charge on any atom is 0.226 e. The van der Waals surface area contributed by atoms with Crippen molar-refractivity contribution < 1.29 is 9.21 Å². The highest BCUT2D eigenvalue weighted by atomic mass is 16.3. The predicted molar refractivity (Wildman–Crippen MR) is 77.0 cm³/mol. The minimum atomic E-state index is 0.147. The summed E-state index contributed by atoms with van der Waals surface area (Å²) < 4.78 is 5.34. The van der Waals surface area contributed by atoms with Crippen molar-refractivity contribution in [1.29, 1.82) is 5.26 Å². The molecule has 2 fully saturated rings. The number of hydrogen-bond donors (Lipinski definition) is 1. The molecule has 1 saturated carbocycles. The Bertz CT molecular complexity index is 526. The molecule has 5 nitrogen and oxygen atoms in total. The van der Waals surface area contributed by atoms with Gasteiger partial charge < -0.3 is 14.6 Å². The molecule has 1 aromatic rings. The average molecular weight is 287 g/mol. The zero-order chi connectivity index (χ0) is 14.7. The maximum atomic E-state index is 12.8. The van der Waals surface area contributed by atoms with Crippen LogP contribution in [0.4, 0.5) is 0 Å². The fraction of sp³-hybridized carbons (Fsp3) is 0.625. The van der Waals surface area contributed by atoms with Gasteiger partial charge in [0.25, 0.3) is 0 Å². The van der Waals surface area contributed by atoms with E-state index in [9.17, 15) is 4.79 Å². The first-order chi connectivity index (χ1) is 10.2. The van der Waals surface area contributed by atoms with Crippen LogP contribution in [0.25, 0.3) is 0 Å². The molecule has 0 bridgehead atoms. The van der Waals surface area contributed by atoms with Gasteiger partial charge in [0.15, 0.2) is 0 Å². The van der Waals surface area contributed by atoms with Crippen molar-refractivity contribution >= 4 is 5.91 Å². The smallest absolute Gasteiger partial charge is 0.226 e. The Kier molecular flexibility index (Phi) is 3.98. The molecule has 1 saturated heterocycles. The number of rotatable bonds is 5. The van der Waals surface area contributed by atoms with Crippen molar-refractivity contribution in [2.24, 2.45) is 11.3 Å². The van der Waals surface area contributed by atoms with Crippen molar-refractivity contribution in [2.75, 3.05) is 19.6 Å². The molecule has 2 aliphatic rings. The number of amides is 1. The fourth-order valence-corrected chi connectivity index (χ4v) is 3.44. The summed E-state index contributed by atoms with van der Waals surface area (Å²) in [6.07, 6.45) is 5.18. The van der Waals surface area contributed by atoms with Gasteiger partial charge in [0.05, 0.1) is 25.3 Å². The van der Waals surface area contributed by atoms with E-state index in [4.69, 9.17) is 9.68 Å². The number of carbonyl (C=O) groups is 1. The summed E-state index contributed by atoms with van der Waals surface area (Å²) in [6, 6.07) is 5.83. The van der Waals surface area contributed by atoms with Crippen molar-refractivity contribution in [2.45, 2.75) is 32.2 Å². The van der Waals surface area contributed by atoms with Gasteiger partial charge in [-0.05, 0) is 49.9 Å². The van der Waals surface area contributed by atoms with Crippen molar-refractivity contribution in [3.05, 3.63) is 24.2 Å². The van der Waals surface area contributed by atoms with Crippen LogP contribution in [0.3, 0.4) is 0 Å². The largest absolute Gasteiger partial charge is 0.467 e. The van der Waals surface area contributed by atoms with Gasteiger partial charge >= 0.3 is 0 Å². The zero-order valence-corrected chi connectivity index (χ0v) is 12.2. The van der Waals surface area contributed by atoms with Crippen LogP contribution >= 0.6 is 0 Å². The van der Waals surface area contributed by atoms with Crippen LogP contribution in [0.5, 0.6) is 0 Å². The Morgan fingerprint density at radius 2 is 2.33 bits per heavy atom. The second-order valence-electron chi connectivity index (χ2n) is 6.12. The van der Waals surface area contributed by atoms with Gasteiger partial charge in [-0.15, -0.1) is 0 Å². The zero-order valence-electron chi connectivity index (χ0n) is 12.2. The normalized spacial score (nSPS) is 22.7. The molecule has 1 aromatic heterocycles. The lowest BCUT2D eigenvalue weighted by molar-refractivity contribution is -0.134. The summed E-state index contributed by atoms with van der Waals surface area (Å²) in [4.78, 5) is 14.6. The van der Waals surface area contributed by atoms with Gasteiger partial charge in [0.1, 0.15) is 5.76 Å². The van der Waals surface area contributed by atoms with E-state index in [2.05, 4.69) is 11.4 Å². The Morgan fingerprint density at radius 1 is 1.52 bits per heavy atom. The summed E-state index contributed by atoms with van der Waals surface area (Å²) >= 11 is 0. The van der Waals surface area contributed by atoms with Crippen molar-refractivity contribution in [3.8, 4) is 6.07 Å². The van der Waals surface area contributed by atoms with Gasteiger partial charge in [0, 0.05) is 12.5 Å². The molecule has 1 aliphatic carbocycles. The molecule has 1 atom stereocenters. The van der Waals surface area contributed by atoms with E-state index in [0.29, 0.717) is 19.5 Å². The van der Waals surface area contributed by atoms with E-state index in [-0.39, 0.29) is 17.2 Å². The molecule has 2 heterocycles. The quantitative estimate of drug-likeness (QED) is 0.898. The molecule has 5 heteroatoms. The number of furan rings is 1. The molecule has 0 radical (unpaired) electrons. The number of nitrogens with one attached hydrogen (secondary N) is 1. The third-order valence-corrected chi connectivity index (χ3v) is 4.82. The number of piperidine rings is 1. The van der Waals surface area contributed by atoms with E-state index in [0.717, 1.165) is 38.1 Å². The van der Waals surface area contributed by atoms with E-state index < -0.39 is 0 Å². The number of hydrogen-bond acceptors (Lipinski definition) is 4. The molecule has 1 amide bonds. The van der Waals surface area contributed by atoms with Crippen LogP contribution in [-0.4, -0.2) is 30.4 Å². The third-order valence-electron chi connectivity index (χ3n) is 4.82. The molecule has 0 aromatic carbocycles. The number of nitrogens with zero attached hydrogens (tertiary/aromatic N) is 2. The highest BCUT2D eigenvalue weighted by molar-refractivity contribution is 5.82. The van der Waals surface area contributed by atoms with Crippen LogP contribution in [0, 0.1) is 22.7 Å². The minimum absolute atomic E-state index is 0.147. The predicted octanol–water partition coefficient (Wildman–Crippen LogP) is 1.91. The van der Waals surface area contributed by atoms with Crippen LogP contribution in [-0.2, 0) is 11.3 Å². The first kappa shape index (κ1) is 14.2. The van der Waals surface area contributed by atoms with Crippen LogP contribution in [0.15, 0.2) is 22.8 Å². The Balaban J connectivity index is 1.65. The molecule has 1 spiro atoms. The lowest BCUT2D eigenvalue weighted by Gasteiger charge is -2.26. The first-order valence-electron chi connectivity index (χ1n) is 7.64.